The van der Waals surface area contributed by atoms with Crippen LogP contribution in [0.15, 0.2) is 0 Å². The number of aromatic nitrogens is 2. The number of amides is 2. The molecule has 0 N–H and O–H groups in total. The summed E-state index contributed by atoms with van der Waals surface area (Å²) >= 11 is 0. The molecule has 3 aliphatic rings. The van der Waals surface area contributed by atoms with Crippen LogP contribution in [0.2, 0.25) is 0 Å². The van der Waals surface area contributed by atoms with E-state index < -0.39 is 0 Å². The van der Waals surface area contributed by atoms with E-state index in [4.69, 9.17) is 0 Å². The number of carbonyl (C=O) groups is 2. The van der Waals surface area contributed by atoms with Crippen LogP contribution in [0.1, 0.15) is 59.4 Å². The summed E-state index contributed by atoms with van der Waals surface area (Å²) in [5, 5.41) is 0. The van der Waals surface area contributed by atoms with Gasteiger partial charge in [-0.3, -0.25) is 9.59 Å². The maximum absolute atomic E-state index is 13.2. The van der Waals surface area contributed by atoms with Crippen LogP contribution in [-0.2, 0) is 13.0 Å². The SMILES string of the molecule is CC1CCN(C(=O)c2nc(C(=O)N3CCN(C)CC3)n3c2CCCC3)CC1. The fourth-order valence-corrected chi connectivity index (χ4v) is 4.39. The van der Waals surface area contributed by atoms with Crippen LogP contribution in [0.4, 0.5) is 0 Å². The van der Waals surface area contributed by atoms with Crippen LogP contribution in [0, 0.1) is 5.92 Å². The maximum atomic E-state index is 13.2. The number of piperazine rings is 1. The first-order chi connectivity index (χ1) is 13.0. The zero-order valence-electron chi connectivity index (χ0n) is 16.6. The predicted molar refractivity (Wildman–Crippen MR) is 103 cm³/mol. The number of imidazole rings is 1. The fraction of sp³-hybridized carbons (Fsp3) is 0.750. The number of carbonyl (C=O) groups excluding carboxylic acids is 2. The summed E-state index contributed by atoms with van der Waals surface area (Å²) in [6, 6.07) is 0. The third-order valence-corrected chi connectivity index (χ3v) is 6.37. The minimum atomic E-state index is -0.0161. The molecule has 0 bridgehead atoms. The highest BCUT2D eigenvalue weighted by Gasteiger charge is 2.33. The van der Waals surface area contributed by atoms with Gasteiger partial charge in [0.2, 0.25) is 0 Å². The molecule has 4 heterocycles. The summed E-state index contributed by atoms with van der Waals surface area (Å²) in [5.74, 6) is 1.16. The van der Waals surface area contributed by atoms with E-state index in [2.05, 4.69) is 23.9 Å². The standard InChI is InChI=1S/C20H31N5O2/c1-15-6-9-23(10-7-15)19(26)17-16-5-3-4-8-25(16)18(21-17)20(27)24-13-11-22(2)12-14-24/h15H,3-14H2,1-2H3. The Bertz CT molecular complexity index is 654. The number of nitrogens with zero attached hydrogens (tertiary/aromatic N) is 5. The molecule has 7 nitrogen and oxygen atoms in total. The summed E-state index contributed by atoms with van der Waals surface area (Å²) in [7, 11) is 2.08. The van der Waals surface area contributed by atoms with Gasteiger partial charge in [0.05, 0.1) is 5.69 Å². The van der Waals surface area contributed by atoms with Gasteiger partial charge in [-0.2, -0.15) is 0 Å². The predicted octanol–water partition coefficient (Wildman–Crippen LogP) is 1.48. The van der Waals surface area contributed by atoms with Crippen LogP contribution in [0.3, 0.4) is 0 Å². The van der Waals surface area contributed by atoms with Crippen molar-refractivity contribution in [3.8, 4) is 0 Å². The number of rotatable bonds is 2. The molecule has 148 valence electrons. The number of likely N-dealkylation sites (N-methyl/N-ethyl adjacent to an activating group) is 1. The van der Waals surface area contributed by atoms with Crippen molar-refractivity contribution in [1.29, 1.82) is 0 Å². The second kappa shape index (κ2) is 7.62. The molecule has 1 aromatic rings. The molecule has 1 aromatic heterocycles. The lowest BCUT2D eigenvalue weighted by Gasteiger charge is -2.32. The molecule has 2 amide bonds. The molecular formula is C20H31N5O2. The van der Waals surface area contributed by atoms with Crippen LogP contribution >= 0.6 is 0 Å². The van der Waals surface area contributed by atoms with Gasteiger partial charge in [0.25, 0.3) is 11.8 Å². The van der Waals surface area contributed by atoms with E-state index >= 15 is 0 Å². The molecule has 0 aliphatic carbocycles. The molecule has 27 heavy (non-hydrogen) atoms. The average Bonchev–Trinajstić information content (AvgIpc) is 3.08. The first-order valence-corrected chi connectivity index (χ1v) is 10.4. The van der Waals surface area contributed by atoms with Gasteiger partial charge in [-0.15, -0.1) is 0 Å². The molecule has 7 heteroatoms. The normalized spacial score (nSPS) is 22.0. The summed E-state index contributed by atoms with van der Waals surface area (Å²) in [6.45, 7) is 7.86. The Hall–Kier alpha value is -1.89. The Labute approximate surface area is 161 Å². The van der Waals surface area contributed by atoms with Crippen LogP contribution in [-0.4, -0.2) is 82.4 Å². The Morgan fingerprint density at radius 1 is 0.889 bits per heavy atom. The van der Waals surface area contributed by atoms with E-state index in [1.54, 1.807) is 0 Å². The molecule has 0 spiro atoms. The smallest absolute Gasteiger partial charge is 0.289 e. The van der Waals surface area contributed by atoms with Gasteiger partial charge in [0.1, 0.15) is 5.69 Å². The molecule has 0 unspecified atom stereocenters. The highest BCUT2D eigenvalue weighted by Crippen LogP contribution is 2.25. The summed E-state index contributed by atoms with van der Waals surface area (Å²) in [4.78, 5) is 37.0. The first-order valence-electron chi connectivity index (χ1n) is 10.4. The lowest BCUT2D eigenvalue weighted by Crippen LogP contribution is -2.47. The van der Waals surface area contributed by atoms with Crippen molar-refractivity contribution in [2.45, 2.75) is 45.6 Å². The Kier molecular flexibility index (Phi) is 5.21. The molecular weight excluding hydrogens is 342 g/mol. The molecule has 2 saturated heterocycles. The van der Waals surface area contributed by atoms with Crippen molar-refractivity contribution < 1.29 is 9.59 Å². The molecule has 2 fully saturated rings. The second-order valence-corrected chi connectivity index (χ2v) is 8.41. The number of likely N-dealkylation sites (tertiary alicyclic amines) is 1. The topological polar surface area (TPSA) is 61.7 Å². The molecule has 3 aliphatic heterocycles. The molecule has 4 rings (SSSR count). The van der Waals surface area contributed by atoms with Gasteiger partial charge < -0.3 is 19.3 Å². The molecule has 0 atom stereocenters. The fourth-order valence-electron chi connectivity index (χ4n) is 4.39. The molecule has 0 radical (unpaired) electrons. The van der Waals surface area contributed by atoms with E-state index in [9.17, 15) is 9.59 Å². The lowest BCUT2D eigenvalue weighted by molar-refractivity contribution is 0.0645. The van der Waals surface area contributed by atoms with Gasteiger partial charge in [-0.1, -0.05) is 6.92 Å². The Morgan fingerprint density at radius 3 is 2.26 bits per heavy atom. The average molecular weight is 374 g/mol. The van der Waals surface area contributed by atoms with Crippen LogP contribution in [0.25, 0.3) is 0 Å². The van der Waals surface area contributed by atoms with Crippen molar-refractivity contribution >= 4 is 11.8 Å². The van der Waals surface area contributed by atoms with Gasteiger partial charge in [0, 0.05) is 45.8 Å². The quantitative estimate of drug-likeness (QED) is 0.788. The van der Waals surface area contributed by atoms with Crippen molar-refractivity contribution in [2.75, 3.05) is 46.3 Å². The zero-order chi connectivity index (χ0) is 19.0. The van der Waals surface area contributed by atoms with E-state index in [1.807, 2.05) is 14.4 Å². The number of hydrogen-bond acceptors (Lipinski definition) is 4. The molecule has 0 saturated carbocycles. The van der Waals surface area contributed by atoms with Crippen LogP contribution in [0.5, 0.6) is 0 Å². The summed E-state index contributed by atoms with van der Waals surface area (Å²) < 4.78 is 2.03. The van der Waals surface area contributed by atoms with E-state index in [-0.39, 0.29) is 11.8 Å². The number of hydrogen-bond donors (Lipinski definition) is 0. The van der Waals surface area contributed by atoms with Gasteiger partial charge in [0.15, 0.2) is 5.82 Å². The minimum Gasteiger partial charge on any atom is -0.337 e. The second-order valence-electron chi connectivity index (χ2n) is 8.41. The van der Waals surface area contributed by atoms with Crippen molar-refractivity contribution in [2.24, 2.45) is 5.92 Å². The lowest BCUT2D eigenvalue weighted by atomic mass is 9.98. The maximum Gasteiger partial charge on any atom is 0.289 e. The highest BCUT2D eigenvalue weighted by molar-refractivity contribution is 5.97. The minimum absolute atomic E-state index is 0.0161. The zero-order valence-corrected chi connectivity index (χ0v) is 16.6. The van der Waals surface area contributed by atoms with Crippen LogP contribution < -0.4 is 0 Å². The number of piperidine rings is 1. The van der Waals surface area contributed by atoms with Crippen molar-refractivity contribution in [3.63, 3.8) is 0 Å². The summed E-state index contributed by atoms with van der Waals surface area (Å²) in [6.07, 6.45) is 5.05. The van der Waals surface area contributed by atoms with Gasteiger partial charge in [-0.25, -0.2) is 4.98 Å². The van der Waals surface area contributed by atoms with Crippen molar-refractivity contribution in [1.82, 2.24) is 24.3 Å². The number of fused-ring (bicyclic) bond motifs is 1. The van der Waals surface area contributed by atoms with Gasteiger partial charge in [-0.05, 0) is 45.1 Å². The molecule has 0 aromatic carbocycles. The highest BCUT2D eigenvalue weighted by atomic mass is 16.2. The summed E-state index contributed by atoms with van der Waals surface area (Å²) in [5.41, 5.74) is 1.50. The van der Waals surface area contributed by atoms with E-state index in [1.165, 1.54) is 0 Å². The van der Waals surface area contributed by atoms with Gasteiger partial charge >= 0.3 is 0 Å². The third kappa shape index (κ3) is 3.61. The Morgan fingerprint density at radius 2 is 1.56 bits per heavy atom. The monoisotopic (exact) mass is 373 g/mol. The third-order valence-electron chi connectivity index (χ3n) is 6.37. The van der Waals surface area contributed by atoms with E-state index in [0.29, 0.717) is 17.4 Å². The van der Waals surface area contributed by atoms with Crippen molar-refractivity contribution in [3.05, 3.63) is 17.2 Å². The largest absolute Gasteiger partial charge is 0.337 e. The van der Waals surface area contributed by atoms with E-state index in [0.717, 1.165) is 83.6 Å². The Balaban J connectivity index is 1.60. The first kappa shape index (κ1) is 18.5.